The Bertz CT molecular complexity index is 619. The van der Waals surface area contributed by atoms with Crippen LogP contribution < -0.4 is 4.57 Å². The van der Waals surface area contributed by atoms with Crippen LogP contribution in [0.3, 0.4) is 0 Å². The van der Waals surface area contributed by atoms with Gasteiger partial charge in [-0.2, -0.15) is 8.94 Å². The molecule has 0 N–H and O–H groups in total. The van der Waals surface area contributed by atoms with Crippen LogP contribution in [0.4, 0.5) is 0 Å². The van der Waals surface area contributed by atoms with Gasteiger partial charge in [0.25, 0.3) is 0 Å². The van der Waals surface area contributed by atoms with Crippen molar-refractivity contribution in [1.82, 2.24) is 9.36 Å². The Balaban J connectivity index is 2.24. The summed E-state index contributed by atoms with van der Waals surface area (Å²) in [5.41, 5.74) is 0.843. The summed E-state index contributed by atoms with van der Waals surface area (Å²) in [6.45, 7) is 1.80. The topological polar surface area (TPSA) is 86.9 Å². The van der Waals surface area contributed by atoms with Crippen molar-refractivity contribution in [2.24, 2.45) is 0 Å². The SMILES string of the molecule is Cc1nsc(-c2cc[n+](CS(=O)(=O)[O-])cc2)n1. The second kappa shape index (κ2) is 4.47. The quantitative estimate of drug-likeness (QED) is 0.592. The number of hydrogen-bond donors (Lipinski definition) is 0. The van der Waals surface area contributed by atoms with Gasteiger partial charge in [0.2, 0.25) is 5.88 Å². The van der Waals surface area contributed by atoms with Crippen molar-refractivity contribution >= 4 is 21.7 Å². The average Bonchev–Trinajstić information content (AvgIpc) is 2.63. The van der Waals surface area contributed by atoms with Crippen molar-refractivity contribution < 1.29 is 17.5 Å². The highest BCUT2D eigenvalue weighted by atomic mass is 32.2. The van der Waals surface area contributed by atoms with E-state index < -0.39 is 16.0 Å². The van der Waals surface area contributed by atoms with Crippen molar-refractivity contribution in [2.75, 3.05) is 0 Å². The first-order valence-electron chi connectivity index (χ1n) is 4.67. The van der Waals surface area contributed by atoms with Gasteiger partial charge in [0, 0.05) is 17.7 Å². The molecule has 0 amide bonds. The maximum absolute atomic E-state index is 10.6. The summed E-state index contributed by atoms with van der Waals surface area (Å²) < 4.78 is 37.0. The summed E-state index contributed by atoms with van der Waals surface area (Å²) in [7, 11) is -4.26. The van der Waals surface area contributed by atoms with E-state index in [1.807, 2.05) is 0 Å². The molecule has 0 spiro atoms. The summed E-state index contributed by atoms with van der Waals surface area (Å²) in [6, 6.07) is 3.40. The molecule has 0 bridgehead atoms. The van der Waals surface area contributed by atoms with Crippen LogP contribution >= 0.6 is 11.5 Å². The van der Waals surface area contributed by atoms with E-state index in [1.165, 1.54) is 28.5 Å². The Morgan fingerprint density at radius 1 is 1.41 bits per heavy atom. The van der Waals surface area contributed by atoms with Crippen LogP contribution in [0.2, 0.25) is 0 Å². The van der Waals surface area contributed by atoms with E-state index in [-0.39, 0.29) is 0 Å². The third kappa shape index (κ3) is 3.29. The molecular formula is C9H9N3O3S2. The molecule has 0 saturated heterocycles. The minimum atomic E-state index is -4.26. The highest BCUT2D eigenvalue weighted by Crippen LogP contribution is 2.19. The van der Waals surface area contributed by atoms with E-state index in [2.05, 4.69) is 9.36 Å². The largest absolute Gasteiger partial charge is 0.743 e. The molecule has 0 aliphatic carbocycles. The molecule has 2 rings (SSSR count). The van der Waals surface area contributed by atoms with Crippen LogP contribution in [-0.4, -0.2) is 22.3 Å². The van der Waals surface area contributed by atoms with E-state index in [4.69, 9.17) is 0 Å². The summed E-state index contributed by atoms with van der Waals surface area (Å²) in [6.07, 6.45) is 3.06. The molecule has 2 aromatic heterocycles. The van der Waals surface area contributed by atoms with Crippen LogP contribution in [-0.2, 0) is 16.0 Å². The first-order valence-corrected chi connectivity index (χ1v) is 7.02. The molecule has 0 aromatic carbocycles. The maximum atomic E-state index is 10.6. The Morgan fingerprint density at radius 3 is 2.53 bits per heavy atom. The fraction of sp³-hybridized carbons (Fsp3) is 0.222. The second-order valence-electron chi connectivity index (χ2n) is 3.43. The highest BCUT2D eigenvalue weighted by Gasteiger charge is 2.08. The summed E-state index contributed by atoms with van der Waals surface area (Å²) >= 11 is 1.27. The number of hydrogen-bond acceptors (Lipinski definition) is 6. The minimum absolute atomic E-state index is 0.567. The van der Waals surface area contributed by atoms with Gasteiger partial charge in [0.1, 0.15) is 10.8 Å². The van der Waals surface area contributed by atoms with E-state index in [9.17, 15) is 13.0 Å². The van der Waals surface area contributed by atoms with Gasteiger partial charge in [-0.1, -0.05) is 0 Å². The number of rotatable bonds is 3. The van der Waals surface area contributed by atoms with Crippen molar-refractivity contribution in [3.8, 4) is 10.6 Å². The van der Waals surface area contributed by atoms with Crippen LogP contribution in [0.15, 0.2) is 24.5 Å². The standard InChI is InChI=1S/C9H9N3O3S2/c1-7-10-9(16-11-7)8-2-4-12(5-3-8)6-17(13,14)15/h2-5H,6H2,1H3. The van der Waals surface area contributed by atoms with Gasteiger partial charge in [-0.15, -0.1) is 0 Å². The van der Waals surface area contributed by atoms with Gasteiger partial charge in [0.05, 0.1) is 0 Å². The van der Waals surface area contributed by atoms with Crippen LogP contribution in [0.5, 0.6) is 0 Å². The lowest BCUT2D eigenvalue weighted by Gasteiger charge is -2.02. The Morgan fingerprint density at radius 2 is 2.06 bits per heavy atom. The molecule has 2 heterocycles. The van der Waals surface area contributed by atoms with Gasteiger partial charge >= 0.3 is 0 Å². The molecule has 17 heavy (non-hydrogen) atoms. The molecule has 8 heteroatoms. The van der Waals surface area contributed by atoms with Gasteiger partial charge in [-0.25, -0.2) is 13.4 Å². The molecule has 0 aliphatic heterocycles. The molecule has 0 saturated carbocycles. The number of pyridine rings is 1. The third-order valence-electron chi connectivity index (χ3n) is 1.97. The first-order chi connectivity index (χ1) is 7.94. The van der Waals surface area contributed by atoms with E-state index in [0.29, 0.717) is 5.82 Å². The Hall–Kier alpha value is -1.38. The minimum Gasteiger partial charge on any atom is -0.743 e. The fourth-order valence-electron chi connectivity index (χ4n) is 1.28. The molecular weight excluding hydrogens is 262 g/mol. The Labute approximate surface area is 102 Å². The van der Waals surface area contributed by atoms with Crippen LogP contribution in [0.25, 0.3) is 10.6 Å². The van der Waals surface area contributed by atoms with E-state index in [1.54, 1.807) is 19.1 Å². The molecule has 2 aromatic rings. The van der Waals surface area contributed by atoms with Gasteiger partial charge < -0.3 is 4.55 Å². The van der Waals surface area contributed by atoms with E-state index >= 15 is 0 Å². The Kier molecular flexibility index (Phi) is 3.18. The lowest BCUT2D eigenvalue weighted by atomic mass is 10.3. The monoisotopic (exact) mass is 271 g/mol. The van der Waals surface area contributed by atoms with Gasteiger partial charge in [-0.05, 0) is 18.5 Å². The zero-order valence-electron chi connectivity index (χ0n) is 8.90. The van der Waals surface area contributed by atoms with E-state index in [0.717, 1.165) is 10.6 Å². The fourth-order valence-corrected chi connectivity index (χ4v) is 2.49. The smallest absolute Gasteiger partial charge is 0.236 e. The highest BCUT2D eigenvalue weighted by molar-refractivity contribution is 7.84. The maximum Gasteiger partial charge on any atom is 0.236 e. The van der Waals surface area contributed by atoms with Crippen LogP contribution in [0, 0.1) is 6.92 Å². The lowest BCUT2D eigenvalue weighted by molar-refractivity contribution is -0.678. The predicted octanol–water partition coefficient (Wildman–Crippen LogP) is 0.304. The van der Waals surface area contributed by atoms with Gasteiger partial charge in [0.15, 0.2) is 22.5 Å². The number of nitrogens with zero attached hydrogens (tertiary/aromatic N) is 3. The normalized spacial score (nSPS) is 11.6. The lowest BCUT2D eigenvalue weighted by Crippen LogP contribution is -2.36. The zero-order chi connectivity index (χ0) is 12.5. The predicted molar refractivity (Wildman–Crippen MR) is 60.0 cm³/mol. The number of aromatic nitrogens is 3. The van der Waals surface area contributed by atoms with Crippen molar-refractivity contribution in [1.29, 1.82) is 0 Å². The zero-order valence-corrected chi connectivity index (χ0v) is 10.5. The molecule has 0 atom stereocenters. The van der Waals surface area contributed by atoms with Crippen molar-refractivity contribution in [3.05, 3.63) is 30.4 Å². The molecule has 0 unspecified atom stereocenters. The molecule has 0 radical (unpaired) electrons. The summed E-state index contributed by atoms with van der Waals surface area (Å²) in [4.78, 5) is 4.20. The van der Waals surface area contributed by atoms with Crippen molar-refractivity contribution in [3.63, 3.8) is 0 Å². The molecule has 90 valence electrons. The van der Waals surface area contributed by atoms with Crippen LogP contribution in [0.1, 0.15) is 5.82 Å². The molecule has 6 nitrogen and oxygen atoms in total. The summed E-state index contributed by atoms with van der Waals surface area (Å²) in [5.74, 6) is 0.131. The second-order valence-corrected chi connectivity index (χ2v) is 5.56. The first kappa shape index (κ1) is 12.1. The third-order valence-corrected chi connectivity index (χ3v) is 3.44. The molecule has 0 aliphatic rings. The molecule has 0 fully saturated rings. The number of aryl methyl sites for hydroxylation is 1. The van der Waals surface area contributed by atoms with Crippen molar-refractivity contribution in [2.45, 2.75) is 12.8 Å². The van der Waals surface area contributed by atoms with Gasteiger partial charge in [-0.3, -0.25) is 0 Å². The summed E-state index contributed by atoms with van der Waals surface area (Å²) in [5, 5.41) is 0.764. The average molecular weight is 271 g/mol.